The van der Waals surface area contributed by atoms with E-state index in [9.17, 15) is 32.4 Å². The maximum atomic E-state index is 14.7. The standard InChI is InChI=1S/C35H55N9O7S/c1-8-16-36-30(47)26(45)24(18-22-12-13-22)37-29(46)25-19-23(17-21(2)3)20-44(25)32(49)28(34(4,5)6)38-31(48)27(35(7)14-10-9-11-15-35)41-52(50,51)33-39-42-43-40-33/h8,17,22-25,27-28,41H,1,9-16,18-20H2,2-7H3,(H,36,47)(H,37,46)(H,38,48)(H,39,40,42,43)/t23-,24?,25+,27-,28-/m1/s1. The van der Waals surface area contributed by atoms with Crippen molar-refractivity contribution in [3.63, 3.8) is 0 Å². The summed E-state index contributed by atoms with van der Waals surface area (Å²) < 4.78 is 29.1. The van der Waals surface area contributed by atoms with Crippen LogP contribution in [-0.2, 0) is 34.0 Å². The zero-order valence-electron chi connectivity index (χ0n) is 31.2. The molecule has 3 aliphatic rings. The first-order valence-corrected chi connectivity index (χ1v) is 19.6. The molecule has 2 saturated carbocycles. The van der Waals surface area contributed by atoms with Crippen molar-refractivity contribution in [2.45, 2.75) is 129 Å². The number of nitrogens with one attached hydrogen (secondary N) is 5. The van der Waals surface area contributed by atoms with E-state index >= 15 is 0 Å². The molecule has 1 aromatic rings. The van der Waals surface area contributed by atoms with Gasteiger partial charge in [-0.2, -0.15) is 9.94 Å². The number of hydrogen-bond acceptors (Lipinski definition) is 10. The van der Waals surface area contributed by atoms with E-state index in [4.69, 9.17) is 0 Å². The summed E-state index contributed by atoms with van der Waals surface area (Å²) in [6.45, 7) is 14.9. The van der Waals surface area contributed by atoms with Gasteiger partial charge in [0.15, 0.2) is 0 Å². The van der Waals surface area contributed by atoms with E-state index in [1.807, 2.05) is 26.8 Å². The lowest BCUT2D eigenvalue weighted by Gasteiger charge is -2.41. The number of sulfonamides is 1. The molecular formula is C35H55N9O7S. The first kappa shape index (κ1) is 40.8. The van der Waals surface area contributed by atoms with Gasteiger partial charge in [-0.1, -0.05) is 82.6 Å². The molecule has 0 bridgehead atoms. The monoisotopic (exact) mass is 745 g/mol. The first-order valence-electron chi connectivity index (χ1n) is 18.1. The van der Waals surface area contributed by atoms with Gasteiger partial charge in [-0.05, 0) is 67.4 Å². The Balaban J connectivity index is 1.63. The third-order valence-corrected chi connectivity index (χ3v) is 11.4. The highest BCUT2D eigenvalue weighted by Gasteiger charge is 2.48. The molecule has 3 fully saturated rings. The molecule has 4 rings (SSSR count). The number of allylic oxidation sites excluding steroid dienone is 1. The molecule has 2 heterocycles. The van der Waals surface area contributed by atoms with Gasteiger partial charge in [0.1, 0.15) is 18.1 Å². The summed E-state index contributed by atoms with van der Waals surface area (Å²) in [5, 5.41) is 20.2. The molecule has 288 valence electrons. The number of H-pyrrole nitrogens is 1. The fourth-order valence-corrected chi connectivity index (χ4v) is 8.34. The number of carbonyl (C=O) groups excluding carboxylic acids is 5. The molecule has 4 amide bonds. The van der Waals surface area contributed by atoms with Crippen LogP contribution in [0.1, 0.15) is 99.3 Å². The van der Waals surface area contributed by atoms with Gasteiger partial charge in [0.05, 0.1) is 6.04 Å². The van der Waals surface area contributed by atoms with Gasteiger partial charge in [-0.25, -0.2) is 8.42 Å². The molecule has 2 aliphatic carbocycles. The Labute approximate surface area is 306 Å². The van der Waals surface area contributed by atoms with Crippen molar-refractivity contribution in [3.8, 4) is 0 Å². The second-order valence-corrected chi connectivity index (χ2v) is 17.7. The van der Waals surface area contributed by atoms with Crippen LogP contribution in [0.3, 0.4) is 0 Å². The number of Topliss-reactive ketones (excluding diaryl/α,β-unsaturated/α-hetero) is 1. The molecule has 0 radical (unpaired) electrons. The minimum Gasteiger partial charge on any atom is -0.346 e. The average molecular weight is 746 g/mol. The lowest BCUT2D eigenvalue weighted by atomic mass is 9.70. The molecule has 1 unspecified atom stereocenters. The minimum absolute atomic E-state index is 0.0996. The summed E-state index contributed by atoms with van der Waals surface area (Å²) in [4.78, 5) is 70.3. The van der Waals surface area contributed by atoms with Crippen molar-refractivity contribution < 1.29 is 32.4 Å². The first-order chi connectivity index (χ1) is 24.4. The van der Waals surface area contributed by atoms with Gasteiger partial charge in [0.2, 0.25) is 23.5 Å². The summed E-state index contributed by atoms with van der Waals surface area (Å²) in [6.07, 6.45) is 9.48. The second-order valence-electron chi connectivity index (χ2n) is 16.1. The molecule has 1 aliphatic heterocycles. The van der Waals surface area contributed by atoms with Crippen LogP contribution in [0, 0.1) is 22.7 Å². The van der Waals surface area contributed by atoms with Crippen LogP contribution in [0.4, 0.5) is 0 Å². The number of amides is 4. The van der Waals surface area contributed by atoms with Crippen LogP contribution in [0.15, 0.2) is 29.5 Å². The molecule has 5 N–H and O–H groups in total. The Kier molecular flexibility index (Phi) is 13.2. The summed E-state index contributed by atoms with van der Waals surface area (Å²) >= 11 is 0. The van der Waals surface area contributed by atoms with E-state index in [0.717, 1.165) is 37.7 Å². The van der Waals surface area contributed by atoms with Crippen LogP contribution in [0.2, 0.25) is 0 Å². The number of nitrogens with zero attached hydrogens (tertiary/aromatic N) is 4. The van der Waals surface area contributed by atoms with Gasteiger partial charge < -0.3 is 20.9 Å². The van der Waals surface area contributed by atoms with Crippen LogP contribution in [-0.4, -0.2) is 101 Å². The van der Waals surface area contributed by atoms with Gasteiger partial charge in [0.25, 0.3) is 15.9 Å². The van der Waals surface area contributed by atoms with Crippen molar-refractivity contribution in [1.82, 2.24) is 46.2 Å². The number of carbonyl (C=O) groups is 5. The highest BCUT2D eigenvalue weighted by molar-refractivity contribution is 7.89. The van der Waals surface area contributed by atoms with E-state index in [0.29, 0.717) is 19.3 Å². The number of ketones is 1. The number of tetrazole rings is 1. The van der Waals surface area contributed by atoms with Crippen LogP contribution in [0.25, 0.3) is 0 Å². The fraction of sp³-hybridized carbons (Fsp3) is 0.714. The molecule has 0 spiro atoms. The molecule has 5 atom stereocenters. The molecule has 16 nitrogen and oxygen atoms in total. The predicted molar refractivity (Wildman–Crippen MR) is 191 cm³/mol. The molecule has 52 heavy (non-hydrogen) atoms. The Hall–Kier alpha value is -3.99. The third kappa shape index (κ3) is 10.3. The number of rotatable bonds is 16. The van der Waals surface area contributed by atoms with E-state index in [1.54, 1.807) is 20.8 Å². The molecule has 0 aromatic carbocycles. The van der Waals surface area contributed by atoms with Gasteiger partial charge in [-0.3, -0.25) is 24.0 Å². The van der Waals surface area contributed by atoms with Crippen LogP contribution in [0.5, 0.6) is 0 Å². The largest absolute Gasteiger partial charge is 0.346 e. The highest BCUT2D eigenvalue weighted by Crippen LogP contribution is 2.40. The van der Waals surface area contributed by atoms with Crippen molar-refractivity contribution in [3.05, 3.63) is 24.3 Å². The van der Waals surface area contributed by atoms with Crippen molar-refractivity contribution in [2.75, 3.05) is 13.1 Å². The van der Waals surface area contributed by atoms with E-state index < -0.39 is 79.6 Å². The van der Waals surface area contributed by atoms with Crippen LogP contribution >= 0.6 is 0 Å². The minimum atomic E-state index is -4.37. The van der Waals surface area contributed by atoms with Crippen molar-refractivity contribution in [2.24, 2.45) is 22.7 Å². The third-order valence-electron chi connectivity index (χ3n) is 10.2. The topological polar surface area (TPSA) is 225 Å². The Morgan fingerprint density at radius 2 is 1.75 bits per heavy atom. The molecule has 17 heteroatoms. The van der Waals surface area contributed by atoms with E-state index in [-0.39, 0.29) is 31.3 Å². The SMILES string of the molecule is C=CCNC(=O)C(=O)C(CC1CC1)NC(=O)[C@@H]1C[C@@H](C=C(C)C)CN1C(=O)[C@@H](NC(=O)[C@@H](NS(=O)(=O)c1nn[nH]n1)C1(C)CCCCC1)C(C)(C)C. The number of hydrogen-bond donors (Lipinski definition) is 5. The average Bonchev–Trinajstić information content (AvgIpc) is 3.51. The second kappa shape index (κ2) is 16.8. The van der Waals surface area contributed by atoms with E-state index in [1.165, 1.54) is 11.0 Å². The molecule has 1 aromatic heterocycles. The number of likely N-dealkylation sites (tertiary alicyclic amines) is 1. The summed E-state index contributed by atoms with van der Waals surface area (Å²) in [6, 6.07) is -4.50. The Bertz CT molecular complexity index is 1620. The highest BCUT2D eigenvalue weighted by atomic mass is 32.2. The Morgan fingerprint density at radius 1 is 1.08 bits per heavy atom. The zero-order chi connectivity index (χ0) is 38.4. The fourth-order valence-electron chi connectivity index (χ4n) is 7.22. The van der Waals surface area contributed by atoms with Crippen molar-refractivity contribution in [1.29, 1.82) is 0 Å². The lowest BCUT2D eigenvalue weighted by molar-refractivity contribution is -0.145. The van der Waals surface area contributed by atoms with Gasteiger partial charge >= 0.3 is 5.16 Å². The predicted octanol–water partition coefficient (Wildman–Crippen LogP) is 1.69. The zero-order valence-corrected chi connectivity index (χ0v) is 32.0. The summed E-state index contributed by atoms with van der Waals surface area (Å²) in [7, 11) is -4.37. The maximum Gasteiger partial charge on any atom is 0.303 e. The smallest absolute Gasteiger partial charge is 0.303 e. The van der Waals surface area contributed by atoms with Gasteiger partial charge in [-0.15, -0.1) is 11.7 Å². The van der Waals surface area contributed by atoms with Gasteiger partial charge in [0, 0.05) is 13.1 Å². The summed E-state index contributed by atoms with van der Waals surface area (Å²) in [5.41, 5.74) is -0.658. The van der Waals surface area contributed by atoms with Crippen LogP contribution < -0.4 is 20.7 Å². The molecular weight excluding hydrogens is 691 g/mol. The maximum absolute atomic E-state index is 14.7. The quantitative estimate of drug-likeness (QED) is 0.122. The molecule has 1 saturated heterocycles. The normalized spacial score (nSPS) is 22.0. The number of aromatic amines is 1. The lowest BCUT2D eigenvalue weighted by Crippen LogP contribution is -2.63. The summed E-state index contributed by atoms with van der Waals surface area (Å²) in [5.74, 6) is -3.33. The Morgan fingerprint density at radius 3 is 2.31 bits per heavy atom. The number of aromatic nitrogens is 4. The van der Waals surface area contributed by atoms with Crippen molar-refractivity contribution >= 4 is 39.4 Å². The van der Waals surface area contributed by atoms with E-state index in [2.05, 4.69) is 47.9 Å².